The van der Waals surface area contributed by atoms with Crippen LogP contribution in [0.15, 0.2) is 9.98 Å². The van der Waals surface area contributed by atoms with Crippen LogP contribution in [0.1, 0.15) is 111 Å². The van der Waals surface area contributed by atoms with Crippen molar-refractivity contribution in [1.82, 2.24) is 21.3 Å². The van der Waals surface area contributed by atoms with Crippen LogP contribution in [0.2, 0.25) is 0 Å². The van der Waals surface area contributed by atoms with E-state index in [0.717, 1.165) is 51.4 Å². The summed E-state index contributed by atoms with van der Waals surface area (Å²) in [5.41, 5.74) is 21.3. The Balaban J connectivity index is 4.79. The summed E-state index contributed by atoms with van der Waals surface area (Å²) in [4.78, 5) is 46.3. The molecule has 0 fully saturated rings. The van der Waals surface area contributed by atoms with Gasteiger partial charge in [0.25, 0.3) is 0 Å². The summed E-state index contributed by atoms with van der Waals surface area (Å²) < 4.78 is 0. The number of nitrogens with zero attached hydrogens (tertiary/aromatic N) is 2. The van der Waals surface area contributed by atoms with Gasteiger partial charge in [0.2, 0.25) is 17.7 Å². The van der Waals surface area contributed by atoms with Gasteiger partial charge in [0.1, 0.15) is 6.04 Å². The van der Waals surface area contributed by atoms with Crippen LogP contribution in [0, 0.1) is 5.92 Å². The standard InChI is InChI=1S/C30H62N10O3/c1-4-5-6-7-8-10-15-24(21-26(41)35-16-11-9-12-18-37-29(31)32)39-22-27(42)40-25(20-23(2)3)28(43)36-17-13-14-19-38-30(33)34/h23-25,39H,4-22H2,1-3H3,(H,35,41)(H,36,43)(H,40,42)(H4,31,32,37)(H4,33,34,38)/t24?,25-/m0/s1. The van der Waals surface area contributed by atoms with Gasteiger partial charge >= 0.3 is 0 Å². The van der Waals surface area contributed by atoms with Crippen molar-refractivity contribution in [3.8, 4) is 0 Å². The Morgan fingerprint density at radius 1 is 0.698 bits per heavy atom. The molecule has 3 amide bonds. The fourth-order valence-electron chi connectivity index (χ4n) is 4.56. The molecule has 0 radical (unpaired) electrons. The van der Waals surface area contributed by atoms with Crippen molar-refractivity contribution in [2.75, 3.05) is 32.7 Å². The minimum absolute atomic E-state index is 0.0370. The van der Waals surface area contributed by atoms with E-state index >= 15 is 0 Å². The molecule has 1 unspecified atom stereocenters. The zero-order chi connectivity index (χ0) is 32.3. The molecule has 0 saturated heterocycles. The largest absolute Gasteiger partial charge is 0.370 e. The summed E-state index contributed by atoms with van der Waals surface area (Å²) in [6.45, 7) is 8.42. The lowest BCUT2D eigenvalue weighted by Gasteiger charge is -2.22. The molecule has 0 saturated carbocycles. The van der Waals surface area contributed by atoms with Crippen molar-refractivity contribution >= 4 is 29.6 Å². The summed E-state index contributed by atoms with van der Waals surface area (Å²) in [6.07, 6.45) is 12.6. The van der Waals surface area contributed by atoms with E-state index in [-0.39, 0.29) is 48.1 Å². The number of unbranched alkanes of at least 4 members (excludes halogenated alkanes) is 8. The van der Waals surface area contributed by atoms with E-state index in [1.807, 2.05) is 13.8 Å². The van der Waals surface area contributed by atoms with E-state index in [2.05, 4.69) is 38.2 Å². The maximum absolute atomic E-state index is 12.9. The predicted octanol–water partition coefficient (Wildman–Crippen LogP) is 1.35. The van der Waals surface area contributed by atoms with E-state index in [4.69, 9.17) is 22.9 Å². The van der Waals surface area contributed by atoms with Crippen LogP contribution in [-0.2, 0) is 14.4 Å². The zero-order valence-corrected chi connectivity index (χ0v) is 27.1. The number of amides is 3. The third-order valence-electron chi connectivity index (χ3n) is 6.88. The highest BCUT2D eigenvalue weighted by Crippen LogP contribution is 2.11. The number of guanidine groups is 2. The van der Waals surface area contributed by atoms with Gasteiger partial charge in [-0.15, -0.1) is 0 Å². The molecule has 250 valence electrons. The molecule has 0 aromatic rings. The van der Waals surface area contributed by atoms with Crippen LogP contribution < -0.4 is 44.2 Å². The molecule has 0 rings (SSSR count). The van der Waals surface area contributed by atoms with Gasteiger partial charge in [-0.1, -0.05) is 59.3 Å². The molecule has 13 nitrogen and oxygen atoms in total. The van der Waals surface area contributed by atoms with Gasteiger partial charge in [0.15, 0.2) is 11.9 Å². The smallest absolute Gasteiger partial charge is 0.242 e. The number of nitrogens with two attached hydrogens (primary N) is 4. The third kappa shape index (κ3) is 26.3. The summed E-state index contributed by atoms with van der Waals surface area (Å²) in [5, 5.41) is 12.1. The summed E-state index contributed by atoms with van der Waals surface area (Å²) in [5.74, 6) is -0.129. The number of rotatable bonds is 27. The monoisotopic (exact) mass is 611 g/mol. The number of carbonyl (C=O) groups excluding carboxylic acids is 3. The van der Waals surface area contributed by atoms with Gasteiger partial charge < -0.3 is 44.2 Å². The zero-order valence-electron chi connectivity index (χ0n) is 27.1. The summed E-state index contributed by atoms with van der Waals surface area (Å²) >= 11 is 0. The second-order valence-corrected chi connectivity index (χ2v) is 11.6. The predicted molar refractivity (Wildman–Crippen MR) is 176 cm³/mol. The fraction of sp³-hybridized carbons (Fsp3) is 0.833. The van der Waals surface area contributed by atoms with Crippen molar-refractivity contribution in [2.24, 2.45) is 38.8 Å². The van der Waals surface area contributed by atoms with Crippen molar-refractivity contribution in [3.63, 3.8) is 0 Å². The van der Waals surface area contributed by atoms with Crippen molar-refractivity contribution < 1.29 is 14.4 Å². The Morgan fingerprint density at radius 2 is 1.26 bits per heavy atom. The number of aliphatic imine (C=N–C) groups is 2. The maximum Gasteiger partial charge on any atom is 0.242 e. The van der Waals surface area contributed by atoms with E-state index in [1.165, 1.54) is 25.7 Å². The van der Waals surface area contributed by atoms with Crippen LogP contribution in [-0.4, -0.2) is 74.4 Å². The number of nitrogens with one attached hydrogen (secondary N) is 4. The first-order chi connectivity index (χ1) is 20.5. The quantitative estimate of drug-likeness (QED) is 0.0383. The highest BCUT2D eigenvalue weighted by Gasteiger charge is 2.22. The molecule has 12 N–H and O–H groups in total. The second-order valence-electron chi connectivity index (χ2n) is 11.6. The molecule has 0 aliphatic carbocycles. The average Bonchev–Trinajstić information content (AvgIpc) is 2.93. The minimum atomic E-state index is -0.626. The Hall–Kier alpha value is -3.09. The van der Waals surface area contributed by atoms with Gasteiger partial charge in [-0.05, 0) is 50.9 Å². The Labute approximate surface area is 259 Å². The molecule has 43 heavy (non-hydrogen) atoms. The minimum Gasteiger partial charge on any atom is -0.370 e. The summed E-state index contributed by atoms with van der Waals surface area (Å²) in [7, 11) is 0. The van der Waals surface area contributed by atoms with E-state index in [9.17, 15) is 14.4 Å². The van der Waals surface area contributed by atoms with Crippen molar-refractivity contribution in [2.45, 2.75) is 123 Å². The molecule has 0 heterocycles. The molecule has 0 aromatic carbocycles. The number of carbonyl (C=O) groups is 3. The van der Waals surface area contributed by atoms with Gasteiger partial charge in [-0.25, -0.2) is 0 Å². The first-order valence-corrected chi connectivity index (χ1v) is 16.2. The maximum atomic E-state index is 12.9. The van der Waals surface area contributed by atoms with E-state index in [0.29, 0.717) is 39.0 Å². The fourth-order valence-corrected chi connectivity index (χ4v) is 4.56. The highest BCUT2D eigenvalue weighted by atomic mass is 16.2. The van der Waals surface area contributed by atoms with Crippen molar-refractivity contribution in [1.29, 1.82) is 0 Å². The van der Waals surface area contributed by atoms with Gasteiger partial charge in [-0.2, -0.15) is 0 Å². The normalized spacial score (nSPS) is 12.3. The molecule has 0 aliphatic rings. The first kappa shape index (κ1) is 39.9. The van der Waals surface area contributed by atoms with E-state index < -0.39 is 6.04 Å². The van der Waals surface area contributed by atoms with Gasteiger partial charge in [-0.3, -0.25) is 24.4 Å². The Kier molecular flexibility index (Phi) is 24.6. The van der Waals surface area contributed by atoms with Gasteiger partial charge in [0.05, 0.1) is 6.54 Å². The van der Waals surface area contributed by atoms with Crippen LogP contribution >= 0.6 is 0 Å². The Bertz CT molecular complexity index is 812. The number of hydrogen-bond donors (Lipinski definition) is 8. The number of hydrogen-bond acceptors (Lipinski definition) is 6. The van der Waals surface area contributed by atoms with Crippen molar-refractivity contribution in [3.05, 3.63) is 0 Å². The first-order valence-electron chi connectivity index (χ1n) is 16.2. The van der Waals surface area contributed by atoms with E-state index in [1.54, 1.807) is 0 Å². The van der Waals surface area contributed by atoms with Crippen LogP contribution in [0.5, 0.6) is 0 Å². The second kappa shape index (κ2) is 26.5. The average molecular weight is 611 g/mol. The molecule has 0 spiro atoms. The van der Waals surface area contributed by atoms with Crippen LogP contribution in [0.25, 0.3) is 0 Å². The van der Waals surface area contributed by atoms with Gasteiger partial charge in [0, 0.05) is 38.6 Å². The molecule has 0 aromatic heterocycles. The highest BCUT2D eigenvalue weighted by molar-refractivity contribution is 5.88. The molecular weight excluding hydrogens is 548 g/mol. The lowest BCUT2D eigenvalue weighted by molar-refractivity contribution is -0.129. The lowest BCUT2D eigenvalue weighted by Crippen LogP contribution is -2.50. The molecule has 0 bridgehead atoms. The molecule has 13 heteroatoms. The topological polar surface area (TPSA) is 228 Å². The molecule has 0 aliphatic heterocycles. The molecular formula is C30H62N10O3. The molecule has 2 atom stereocenters. The third-order valence-corrected chi connectivity index (χ3v) is 6.88. The van der Waals surface area contributed by atoms with Crippen LogP contribution in [0.4, 0.5) is 0 Å². The summed E-state index contributed by atoms with van der Waals surface area (Å²) in [6, 6.07) is -0.749. The SMILES string of the molecule is CCCCCCCCC(CC(=O)NCCCCCN=C(N)N)NCC(=O)N[C@@H](CC(C)C)C(=O)NCCCCN=C(N)N. The Morgan fingerprint density at radius 3 is 1.88 bits per heavy atom. The lowest BCUT2D eigenvalue weighted by atomic mass is 10.0. The van der Waals surface area contributed by atoms with Crippen LogP contribution in [0.3, 0.4) is 0 Å².